The van der Waals surface area contributed by atoms with E-state index < -0.39 is 0 Å². The van der Waals surface area contributed by atoms with E-state index in [-0.39, 0.29) is 0 Å². The molecule has 1 heterocycles. The lowest BCUT2D eigenvalue weighted by Crippen LogP contribution is -2.06. The van der Waals surface area contributed by atoms with Crippen molar-refractivity contribution in [3.8, 4) is 11.1 Å². The van der Waals surface area contributed by atoms with E-state index in [1.807, 2.05) is 117 Å². The summed E-state index contributed by atoms with van der Waals surface area (Å²) in [6.45, 7) is 10.5. The van der Waals surface area contributed by atoms with Gasteiger partial charge in [-0.1, -0.05) is 146 Å². The third-order valence-electron chi connectivity index (χ3n) is 8.68. The van der Waals surface area contributed by atoms with Crippen molar-refractivity contribution in [2.24, 2.45) is 15.0 Å². The fourth-order valence-electron chi connectivity index (χ4n) is 6.15. The summed E-state index contributed by atoms with van der Waals surface area (Å²) < 4.78 is 2.22. The molecule has 260 valence electrons. The van der Waals surface area contributed by atoms with E-state index in [0.29, 0.717) is 11.7 Å². The van der Waals surface area contributed by atoms with Crippen LogP contribution in [0.2, 0.25) is 0 Å². The number of aliphatic imine (C=N–C) groups is 3. The molecule has 0 atom stereocenters. The quantitative estimate of drug-likeness (QED) is 0.0704. The third kappa shape index (κ3) is 8.36. The lowest BCUT2D eigenvalue weighted by atomic mass is 10.0. The Morgan fingerprint density at radius 3 is 2.11 bits per heavy atom. The van der Waals surface area contributed by atoms with Gasteiger partial charge in [-0.2, -0.15) is 12.6 Å². The molecule has 1 N–H and O–H groups in total. The Balaban J connectivity index is 1.70. The summed E-state index contributed by atoms with van der Waals surface area (Å²) in [6.07, 6.45) is 9.93. The molecule has 0 radical (unpaired) electrons. The van der Waals surface area contributed by atoms with Crippen LogP contribution >= 0.6 is 12.6 Å². The first-order valence-corrected chi connectivity index (χ1v) is 17.8. The predicted molar refractivity (Wildman–Crippen MR) is 234 cm³/mol. The Hall–Kier alpha value is -6.50. The molecule has 6 heteroatoms. The molecule has 0 amide bonds. The number of aromatic nitrogens is 1. The first-order chi connectivity index (χ1) is 26.1. The number of anilines is 1. The second kappa shape index (κ2) is 17.6. The Labute approximate surface area is 316 Å². The van der Waals surface area contributed by atoms with Crippen LogP contribution in [0.5, 0.6) is 0 Å². The second-order valence-corrected chi connectivity index (χ2v) is 12.3. The summed E-state index contributed by atoms with van der Waals surface area (Å²) in [6, 6.07) is 46.9. The molecule has 0 saturated carbocycles. The number of para-hydroxylation sites is 2. The van der Waals surface area contributed by atoms with E-state index in [0.717, 1.165) is 65.9 Å². The van der Waals surface area contributed by atoms with Crippen molar-refractivity contribution in [3.05, 3.63) is 192 Å². The zero-order valence-corrected chi connectivity index (χ0v) is 30.8. The summed E-state index contributed by atoms with van der Waals surface area (Å²) in [5.41, 5.74) is 7.59. The van der Waals surface area contributed by atoms with Crippen molar-refractivity contribution in [2.75, 3.05) is 12.4 Å². The maximum absolute atomic E-state index is 5.08. The molecule has 0 bridgehead atoms. The van der Waals surface area contributed by atoms with Crippen LogP contribution in [0.15, 0.2) is 185 Å². The van der Waals surface area contributed by atoms with E-state index >= 15 is 0 Å². The van der Waals surface area contributed by atoms with Crippen molar-refractivity contribution < 1.29 is 0 Å². The number of thiol groups is 1. The molecule has 6 aromatic rings. The first-order valence-electron chi connectivity index (χ1n) is 17.3. The number of hydrogen-bond acceptors (Lipinski definition) is 3. The van der Waals surface area contributed by atoms with Gasteiger partial charge in [0.15, 0.2) is 11.7 Å². The van der Waals surface area contributed by atoms with Gasteiger partial charge < -0.3 is 9.88 Å². The summed E-state index contributed by atoms with van der Waals surface area (Å²) in [4.78, 5) is 14.3. The predicted octanol–water partition coefficient (Wildman–Crippen LogP) is 10.2. The van der Waals surface area contributed by atoms with Crippen LogP contribution in [-0.2, 0) is 0 Å². The molecule has 0 spiro atoms. The topological polar surface area (TPSA) is 54.0 Å². The van der Waals surface area contributed by atoms with Crippen molar-refractivity contribution >= 4 is 76.2 Å². The lowest BCUT2D eigenvalue weighted by Gasteiger charge is -2.10. The molecule has 0 saturated heterocycles. The van der Waals surface area contributed by atoms with Gasteiger partial charge in [-0.25, -0.2) is 15.0 Å². The molecule has 5 aromatic carbocycles. The number of amidine groups is 2. The van der Waals surface area contributed by atoms with Crippen molar-refractivity contribution in [1.82, 2.24) is 4.57 Å². The number of rotatable bonds is 8. The second-order valence-electron chi connectivity index (χ2n) is 12.0. The van der Waals surface area contributed by atoms with Gasteiger partial charge >= 0.3 is 0 Å². The number of benzene rings is 4. The number of fused-ring (bicyclic) bond motifs is 3. The van der Waals surface area contributed by atoms with Gasteiger partial charge in [0.1, 0.15) is 0 Å². The van der Waals surface area contributed by atoms with E-state index in [2.05, 4.69) is 114 Å². The fourth-order valence-corrected chi connectivity index (χ4v) is 6.31. The van der Waals surface area contributed by atoms with Gasteiger partial charge in [-0.15, -0.1) is 0 Å². The van der Waals surface area contributed by atoms with E-state index in [9.17, 15) is 0 Å². The van der Waals surface area contributed by atoms with Crippen LogP contribution in [0, 0.1) is 0 Å². The minimum atomic E-state index is 0.483. The summed E-state index contributed by atoms with van der Waals surface area (Å²) in [5.74, 6) is 0.985. The lowest BCUT2D eigenvalue weighted by molar-refractivity contribution is 1.22. The molecule has 0 unspecified atom stereocenters. The molecular weight excluding hydrogens is 667 g/mol. The molecular formula is C47H41N5S. The van der Waals surface area contributed by atoms with Crippen molar-refractivity contribution in [1.29, 1.82) is 0 Å². The number of nitrogens with one attached hydrogen (secondary N) is 1. The van der Waals surface area contributed by atoms with Gasteiger partial charge in [-0.05, 0) is 59.3 Å². The van der Waals surface area contributed by atoms with Crippen LogP contribution in [-0.4, -0.2) is 30.0 Å². The molecule has 0 aliphatic heterocycles. The normalized spacial score (nSPS) is 12.9. The smallest absolute Gasteiger partial charge is 0.161 e. The maximum Gasteiger partial charge on any atom is 0.161 e. The SMILES string of the molecule is C=NC(=NC(=N\C=C(/C=C\C=C\C)n1c2ccccc2c2cc/c(=C\S)cc(-c3ccccc3NC)ccc(=C)c21)c1ccccc1)c1ccccc1. The van der Waals surface area contributed by atoms with Crippen molar-refractivity contribution in [2.45, 2.75) is 6.92 Å². The first kappa shape index (κ1) is 36.3. The van der Waals surface area contributed by atoms with E-state index in [1.54, 1.807) is 0 Å². The van der Waals surface area contributed by atoms with Crippen LogP contribution in [0.4, 0.5) is 5.69 Å². The van der Waals surface area contributed by atoms with Gasteiger partial charge in [0.2, 0.25) is 0 Å². The van der Waals surface area contributed by atoms with Gasteiger partial charge in [0.25, 0.3) is 0 Å². The molecule has 0 fully saturated rings. The Bertz CT molecular complexity index is 2590. The molecule has 0 aliphatic rings. The average Bonchev–Trinajstić information content (AvgIpc) is 3.54. The highest BCUT2D eigenvalue weighted by Crippen LogP contribution is 2.30. The van der Waals surface area contributed by atoms with Crippen LogP contribution in [0.3, 0.4) is 0 Å². The summed E-state index contributed by atoms with van der Waals surface area (Å²) in [5, 5.41) is 9.07. The van der Waals surface area contributed by atoms with Gasteiger partial charge in [0.05, 0.1) is 22.9 Å². The van der Waals surface area contributed by atoms with Gasteiger partial charge in [-0.3, -0.25) is 0 Å². The van der Waals surface area contributed by atoms with Crippen LogP contribution in [0.25, 0.3) is 50.6 Å². The van der Waals surface area contributed by atoms with Crippen LogP contribution in [0.1, 0.15) is 18.1 Å². The minimum absolute atomic E-state index is 0.483. The summed E-state index contributed by atoms with van der Waals surface area (Å²) in [7, 11) is 1.94. The number of allylic oxidation sites excluding steroid dienone is 5. The Kier molecular flexibility index (Phi) is 12.1. The zero-order valence-electron chi connectivity index (χ0n) is 29.9. The standard InChI is InChI=1S/C47H41N5S/c1-5-6-9-22-39(32-50-47(37-20-12-8-13-21-37)51-46(49-4)36-18-10-7-11-19-36)52-44-26-17-15-24-41(44)42-30-28-35(33-53)31-38(29-27-34(2)45(42)52)40-23-14-16-25-43(40)48-3/h5-33,48,53H,2,4H2,1,3H3/b6-5+,22-9-,29-27?,30-28?,35-33+,38-31?,39-32+,50-47?,51-46?. The highest BCUT2D eigenvalue weighted by Gasteiger charge is 2.13. The largest absolute Gasteiger partial charge is 0.388 e. The highest BCUT2D eigenvalue weighted by molar-refractivity contribution is 7.88. The average molecular weight is 708 g/mol. The molecule has 6 rings (SSSR count). The Morgan fingerprint density at radius 2 is 1.42 bits per heavy atom. The van der Waals surface area contributed by atoms with E-state index in [4.69, 9.17) is 9.98 Å². The number of hydrogen-bond donors (Lipinski definition) is 2. The van der Waals surface area contributed by atoms with Crippen LogP contribution < -0.4 is 15.8 Å². The fraction of sp³-hybridized carbons (Fsp3) is 0.0426. The molecule has 53 heavy (non-hydrogen) atoms. The molecule has 0 aliphatic carbocycles. The third-order valence-corrected chi connectivity index (χ3v) is 8.97. The van der Waals surface area contributed by atoms with Gasteiger partial charge in [0, 0.05) is 40.2 Å². The minimum Gasteiger partial charge on any atom is -0.388 e. The van der Waals surface area contributed by atoms with E-state index in [1.165, 1.54) is 0 Å². The summed E-state index contributed by atoms with van der Waals surface area (Å²) >= 11 is 4.61. The maximum atomic E-state index is 5.08. The van der Waals surface area contributed by atoms with Crippen molar-refractivity contribution in [3.63, 3.8) is 0 Å². The highest BCUT2D eigenvalue weighted by atomic mass is 32.1. The molecule has 5 nitrogen and oxygen atoms in total. The zero-order chi connectivity index (χ0) is 37.0. The number of nitrogens with zero attached hydrogens (tertiary/aromatic N) is 4. The monoisotopic (exact) mass is 707 g/mol. The molecule has 1 aromatic heterocycles. The Morgan fingerprint density at radius 1 is 0.736 bits per heavy atom.